The Kier molecular flexibility index (Phi) is 17.1. The van der Waals surface area contributed by atoms with Crippen molar-refractivity contribution in [1.29, 1.82) is 0 Å². The highest BCUT2D eigenvalue weighted by Gasteiger charge is 2.34. The van der Waals surface area contributed by atoms with Crippen molar-refractivity contribution < 1.29 is 47.6 Å². The Hall–Kier alpha value is -6.80. The van der Waals surface area contributed by atoms with Crippen LogP contribution in [-0.4, -0.2) is 48.3 Å². The average molecular weight is 914 g/mol. The van der Waals surface area contributed by atoms with Gasteiger partial charge in [-0.3, -0.25) is 24.6 Å². The second-order valence-corrected chi connectivity index (χ2v) is 17.4. The maximum atomic E-state index is 13.5. The van der Waals surface area contributed by atoms with E-state index in [1.165, 1.54) is 17.6 Å². The molecule has 0 atom stereocenters. The van der Waals surface area contributed by atoms with E-state index in [4.69, 9.17) is 28.4 Å². The highest BCUT2D eigenvalue weighted by molar-refractivity contribution is 7.22. The number of carbonyl (C=O) groups excluding carboxylic acids is 4. The summed E-state index contributed by atoms with van der Waals surface area (Å²) in [6, 6.07) is 28.5. The van der Waals surface area contributed by atoms with Crippen molar-refractivity contribution in [3.8, 4) is 28.7 Å². The van der Waals surface area contributed by atoms with E-state index in [1.54, 1.807) is 72.8 Å². The van der Waals surface area contributed by atoms with Gasteiger partial charge in [0.1, 0.15) is 34.5 Å². The van der Waals surface area contributed by atoms with Crippen LogP contribution in [0.4, 0.5) is 5.13 Å². The standard InChI is InChI=1S/C52H55N3O10S/c1-3-35(2)60-31-11-4-5-12-32-61-41-25-27-43(28-26-41)63-49(57)37-17-19-38(20-18-37)50(58)64-44-29-30-46(40(33-44)34-53-55-52-54-45-15-9-10-16-47(45)66-52)65-51(59)39-23-21-36(22-24-39)48(56)62-42-13-7-6-8-14-42/h3,6-10,13-16,25-30,33-34,36-39H,1-2,4-5,11-12,17-24,31-32H2,(H,54,55)/b53-34+. The number of nitrogens with one attached hydrogen (secondary N) is 1. The third kappa shape index (κ3) is 13.9. The number of para-hydroxylation sites is 2. The lowest BCUT2D eigenvalue weighted by Gasteiger charge is -2.26. The van der Waals surface area contributed by atoms with Crippen molar-refractivity contribution in [3.63, 3.8) is 0 Å². The zero-order chi connectivity index (χ0) is 46.1. The highest BCUT2D eigenvalue weighted by atomic mass is 32.1. The van der Waals surface area contributed by atoms with Crippen LogP contribution in [-0.2, 0) is 23.9 Å². The average Bonchev–Trinajstić information content (AvgIpc) is 3.77. The number of thiazole rings is 1. The topological polar surface area (TPSA) is 161 Å². The van der Waals surface area contributed by atoms with Crippen LogP contribution >= 0.6 is 11.3 Å². The van der Waals surface area contributed by atoms with Crippen molar-refractivity contribution in [1.82, 2.24) is 4.98 Å². The van der Waals surface area contributed by atoms with Crippen molar-refractivity contribution in [2.24, 2.45) is 28.8 Å². The summed E-state index contributed by atoms with van der Waals surface area (Å²) in [7, 11) is 0. The maximum absolute atomic E-state index is 13.5. The predicted molar refractivity (Wildman–Crippen MR) is 253 cm³/mol. The molecule has 13 nitrogen and oxygen atoms in total. The van der Waals surface area contributed by atoms with Gasteiger partial charge in [-0.1, -0.05) is 54.8 Å². The first-order chi connectivity index (χ1) is 32.2. The van der Waals surface area contributed by atoms with Crippen molar-refractivity contribution >= 4 is 56.8 Å². The number of unbranched alkanes of at least 4 members (excludes halogenated alkanes) is 3. The maximum Gasteiger partial charge on any atom is 0.314 e. The van der Waals surface area contributed by atoms with E-state index in [9.17, 15) is 19.2 Å². The Morgan fingerprint density at radius 1 is 0.621 bits per heavy atom. The molecule has 0 unspecified atom stereocenters. The van der Waals surface area contributed by atoms with Crippen LogP contribution in [0, 0.1) is 23.7 Å². The third-order valence-electron chi connectivity index (χ3n) is 11.7. The number of hydrazone groups is 1. The van der Waals surface area contributed by atoms with Gasteiger partial charge in [-0.15, -0.1) is 0 Å². The lowest BCUT2D eigenvalue weighted by molar-refractivity contribution is -0.145. The quantitative estimate of drug-likeness (QED) is 0.0141. The van der Waals surface area contributed by atoms with Crippen LogP contribution in [0.2, 0.25) is 0 Å². The van der Waals surface area contributed by atoms with Gasteiger partial charge < -0.3 is 28.4 Å². The minimum Gasteiger partial charge on any atom is -0.494 e. The van der Waals surface area contributed by atoms with Gasteiger partial charge in [-0.2, -0.15) is 5.10 Å². The van der Waals surface area contributed by atoms with Crippen LogP contribution in [0.3, 0.4) is 0 Å². The van der Waals surface area contributed by atoms with Gasteiger partial charge in [-0.05, 0) is 150 Å². The van der Waals surface area contributed by atoms with Crippen LogP contribution in [0.1, 0.15) is 82.6 Å². The Morgan fingerprint density at radius 2 is 1.14 bits per heavy atom. The first kappa shape index (κ1) is 47.2. The number of hydrogen-bond acceptors (Lipinski definition) is 14. The van der Waals surface area contributed by atoms with Crippen molar-refractivity contribution in [2.45, 2.75) is 77.0 Å². The molecule has 66 heavy (non-hydrogen) atoms. The molecule has 5 aromatic rings. The molecule has 2 aliphatic carbocycles. The molecule has 2 aliphatic rings. The van der Waals surface area contributed by atoms with Crippen LogP contribution in [0.5, 0.6) is 28.7 Å². The SMILES string of the molecule is C=CC(=C)OCCCCCCOc1ccc(OC(=O)C2CCC(C(=O)Oc3ccc(OC(=O)C4CCC(C(=O)Oc5ccccc5)CC4)c(/C=N/Nc4nc5ccccc5s4)c3)CC2)cc1. The fourth-order valence-corrected chi connectivity index (χ4v) is 8.70. The van der Waals surface area contributed by atoms with Crippen LogP contribution in [0.15, 0.2) is 127 Å². The summed E-state index contributed by atoms with van der Waals surface area (Å²) < 4.78 is 35.3. The summed E-state index contributed by atoms with van der Waals surface area (Å²) in [4.78, 5) is 57.4. The fraction of sp³-hybridized carbons (Fsp3) is 0.346. The van der Waals surface area contributed by atoms with E-state index in [-0.39, 0.29) is 35.3 Å². The molecule has 344 valence electrons. The second kappa shape index (κ2) is 23.9. The molecule has 0 spiro atoms. The Labute approximate surface area is 388 Å². The summed E-state index contributed by atoms with van der Waals surface area (Å²) in [6.45, 7) is 8.58. The molecule has 1 N–H and O–H groups in total. The number of hydrogen-bond donors (Lipinski definition) is 1. The van der Waals surface area contributed by atoms with Crippen molar-refractivity contribution in [3.05, 3.63) is 128 Å². The molecule has 14 heteroatoms. The lowest BCUT2D eigenvalue weighted by atomic mass is 9.82. The van der Waals surface area contributed by atoms with E-state index < -0.39 is 23.8 Å². The smallest absolute Gasteiger partial charge is 0.314 e. The molecule has 7 rings (SSSR count). The predicted octanol–water partition coefficient (Wildman–Crippen LogP) is 11.0. The highest BCUT2D eigenvalue weighted by Crippen LogP contribution is 2.35. The Bertz CT molecular complexity index is 2440. The minimum atomic E-state index is -0.420. The summed E-state index contributed by atoms with van der Waals surface area (Å²) in [5.41, 5.74) is 4.19. The lowest BCUT2D eigenvalue weighted by Crippen LogP contribution is -2.30. The normalized spacial score (nSPS) is 18.2. The first-order valence-electron chi connectivity index (χ1n) is 22.6. The zero-order valence-corrected chi connectivity index (χ0v) is 37.7. The van der Waals surface area contributed by atoms with Gasteiger partial charge in [-0.25, -0.2) is 4.98 Å². The number of benzene rings is 4. The number of aromatic nitrogens is 1. The Balaban J connectivity index is 0.887. The van der Waals surface area contributed by atoms with E-state index in [1.807, 2.05) is 30.3 Å². The van der Waals surface area contributed by atoms with Gasteiger partial charge in [0.2, 0.25) is 5.13 Å². The summed E-state index contributed by atoms with van der Waals surface area (Å²) >= 11 is 1.44. The largest absolute Gasteiger partial charge is 0.494 e. The molecule has 1 heterocycles. The molecule has 2 saturated carbocycles. The monoisotopic (exact) mass is 913 g/mol. The summed E-state index contributed by atoms with van der Waals surface area (Å²) in [5.74, 6) is -0.217. The molecule has 4 aromatic carbocycles. The molecular weight excluding hydrogens is 859 g/mol. The van der Waals surface area contributed by atoms with E-state index in [0.29, 0.717) is 98.3 Å². The molecular formula is C52H55N3O10S. The number of nitrogens with zero attached hydrogens (tertiary/aromatic N) is 2. The summed E-state index contributed by atoms with van der Waals surface area (Å²) in [5, 5.41) is 4.96. The number of rotatable bonds is 21. The van der Waals surface area contributed by atoms with Gasteiger partial charge in [0.15, 0.2) is 0 Å². The molecule has 0 aliphatic heterocycles. The van der Waals surface area contributed by atoms with Gasteiger partial charge >= 0.3 is 23.9 Å². The van der Waals surface area contributed by atoms with E-state index >= 15 is 0 Å². The van der Waals surface area contributed by atoms with E-state index in [2.05, 4.69) is 28.7 Å². The second-order valence-electron chi connectivity index (χ2n) is 16.4. The van der Waals surface area contributed by atoms with Gasteiger partial charge in [0.05, 0.1) is 53.3 Å². The Morgan fingerprint density at radius 3 is 1.74 bits per heavy atom. The molecule has 0 saturated heterocycles. The molecule has 0 amide bonds. The van der Waals surface area contributed by atoms with Gasteiger partial charge in [0.25, 0.3) is 0 Å². The van der Waals surface area contributed by atoms with Crippen LogP contribution in [0.25, 0.3) is 10.2 Å². The number of ether oxygens (including phenoxy) is 6. The number of allylic oxidation sites excluding steroid dienone is 1. The summed E-state index contributed by atoms with van der Waals surface area (Å²) in [6.07, 6.45) is 10.8. The van der Waals surface area contributed by atoms with Gasteiger partial charge in [0, 0.05) is 5.56 Å². The third-order valence-corrected chi connectivity index (χ3v) is 12.6. The molecule has 1 aromatic heterocycles. The molecule has 0 bridgehead atoms. The first-order valence-corrected chi connectivity index (χ1v) is 23.4. The fourth-order valence-electron chi connectivity index (χ4n) is 7.88. The number of carbonyl (C=O) groups is 4. The number of esters is 4. The van der Waals surface area contributed by atoms with Crippen LogP contribution < -0.4 is 29.1 Å². The minimum absolute atomic E-state index is 0.238. The molecule has 2 fully saturated rings. The molecule has 0 radical (unpaired) electrons. The zero-order valence-electron chi connectivity index (χ0n) is 36.9. The number of anilines is 1. The number of fused-ring (bicyclic) bond motifs is 1. The van der Waals surface area contributed by atoms with E-state index in [0.717, 1.165) is 35.9 Å². The van der Waals surface area contributed by atoms with Crippen molar-refractivity contribution in [2.75, 3.05) is 18.6 Å².